The Balaban J connectivity index is 2.10. The molecule has 9 heteroatoms. The number of rotatable bonds is 6. The molecule has 2 rings (SSSR count). The minimum absolute atomic E-state index is 0.0940. The standard InChI is InChI=1S/C18H18FN3O4S/c1-12(23)22(15-7-5-4-6-14(15)19)18-20-13(11-27-18)8-9-17(25)26-10-16(24)21(2)3/h4-9,11H,10H2,1-3H3/b9-8+. The molecule has 0 bridgehead atoms. The van der Waals surface area contributed by atoms with Crippen molar-refractivity contribution in [2.45, 2.75) is 6.92 Å². The number of carbonyl (C=O) groups excluding carboxylic acids is 3. The van der Waals surface area contributed by atoms with Crippen molar-refractivity contribution in [2.75, 3.05) is 25.6 Å². The van der Waals surface area contributed by atoms with Crippen molar-refractivity contribution in [3.8, 4) is 0 Å². The van der Waals surface area contributed by atoms with Gasteiger partial charge in [-0.15, -0.1) is 11.3 Å². The highest BCUT2D eigenvalue weighted by Gasteiger charge is 2.20. The maximum atomic E-state index is 14.0. The molecule has 1 aromatic carbocycles. The van der Waals surface area contributed by atoms with Gasteiger partial charge in [-0.2, -0.15) is 0 Å². The molecule has 1 heterocycles. The van der Waals surface area contributed by atoms with Crippen LogP contribution < -0.4 is 4.90 Å². The van der Waals surface area contributed by atoms with E-state index in [1.807, 2.05) is 0 Å². The van der Waals surface area contributed by atoms with Crippen LogP contribution in [0, 0.1) is 5.82 Å². The van der Waals surface area contributed by atoms with E-state index in [-0.39, 0.29) is 23.3 Å². The first-order chi connectivity index (χ1) is 12.8. The van der Waals surface area contributed by atoms with Crippen molar-refractivity contribution in [1.82, 2.24) is 9.88 Å². The van der Waals surface area contributed by atoms with Gasteiger partial charge in [0.15, 0.2) is 11.7 Å². The maximum Gasteiger partial charge on any atom is 0.331 e. The first kappa shape index (κ1) is 20.2. The fourth-order valence-corrected chi connectivity index (χ4v) is 2.81. The largest absolute Gasteiger partial charge is 0.452 e. The van der Waals surface area contributed by atoms with Gasteiger partial charge in [-0.05, 0) is 18.2 Å². The van der Waals surface area contributed by atoms with Crippen molar-refractivity contribution in [3.63, 3.8) is 0 Å². The summed E-state index contributed by atoms with van der Waals surface area (Å²) in [5.41, 5.74) is 0.491. The molecule has 0 unspecified atom stereocenters. The van der Waals surface area contributed by atoms with Crippen molar-refractivity contribution < 1.29 is 23.5 Å². The number of anilines is 2. The fraction of sp³-hybridized carbons (Fsp3) is 0.222. The number of likely N-dealkylation sites (N-methyl/N-ethyl adjacent to an activating group) is 1. The third-order valence-corrected chi connectivity index (χ3v) is 4.18. The molecule has 0 spiro atoms. The number of thiazole rings is 1. The molecule has 0 saturated heterocycles. The number of nitrogens with zero attached hydrogens (tertiary/aromatic N) is 3. The molecule has 2 amide bonds. The minimum atomic E-state index is -0.697. The summed E-state index contributed by atoms with van der Waals surface area (Å²) < 4.78 is 18.8. The van der Waals surface area contributed by atoms with Gasteiger partial charge in [-0.25, -0.2) is 14.2 Å². The number of para-hydroxylation sites is 1. The molecule has 142 valence electrons. The number of esters is 1. The molecule has 1 aromatic heterocycles. The van der Waals surface area contributed by atoms with Crippen LogP contribution in [0.2, 0.25) is 0 Å². The van der Waals surface area contributed by atoms with E-state index in [9.17, 15) is 18.8 Å². The summed E-state index contributed by atoms with van der Waals surface area (Å²) in [4.78, 5) is 41.7. The molecule has 0 radical (unpaired) electrons. The van der Waals surface area contributed by atoms with Crippen LogP contribution >= 0.6 is 11.3 Å². The lowest BCUT2D eigenvalue weighted by molar-refractivity contribution is -0.146. The molecule has 0 aliphatic heterocycles. The monoisotopic (exact) mass is 391 g/mol. The molecule has 0 fully saturated rings. The van der Waals surface area contributed by atoms with Crippen LogP contribution in [0.5, 0.6) is 0 Å². The average Bonchev–Trinajstić information content (AvgIpc) is 3.07. The second-order valence-electron chi connectivity index (χ2n) is 5.59. The Labute approximate surface area is 159 Å². The Morgan fingerprint density at radius 2 is 1.96 bits per heavy atom. The van der Waals surface area contributed by atoms with Crippen LogP contribution in [0.25, 0.3) is 6.08 Å². The van der Waals surface area contributed by atoms with Gasteiger partial charge in [0, 0.05) is 32.5 Å². The Bertz CT molecular complexity index is 879. The van der Waals surface area contributed by atoms with Crippen LogP contribution in [-0.4, -0.2) is 48.4 Å². The van der Waals surface area contributed by atoms with Gasteiger partial charge < -0.3 is 9.64 Å². The second kappa shape index (κ2) is 9.04. The molecule has 0 aliphatic rings. The Morgan fingerprint density at radius 1 is 1.26 bits per heavy atom. The normalized spacial score (nSPS) is 10.7. The second-order valence-corrected chi connectivity index (χ2v) is 6.43. The van der Waals surface area contributed by atoms with E-state index in [1.54, 1.807) is 25.5 Å². The van der Waals surface area contributed by atoms with Crippen LogP contribution in [0.4, 0.5) is 15.2 Å². The zero-order chi connectivity index (χ0) is 20.0. The minimum Gasteiger partial charge on any atom is -0.452 e. The SMILES string of the molecule is CC(=O)N(c1nc(/C=C/C(=O)OCC(=O)N(C)C)cs1)c1ccccc1F. The van der Waals surface area contributed by atoms with Gasteiger partial charge in [-0.1, -0.05) is 12.1 Å². The van der Waals surface area contributed by atoms with E-state index < -0.39 is 17.7 Å². The maximum absolute atomic E-state index is 14.0. The highest BCUT2D eigenvalue weighted by molar-refractivity contribution is 7.14. The van der Waals surface area contributed by atoms with Crippen LogP contribution in [0.15, 0.2) is 35.7 Å². The predicted molar refractivity (Wildman–Crippen MR) is 100 cm³/mol. The Hall–Kier alpha value is -3.07. The molecular weight excluding hydrogens is 373 g/mol. The summed E-state index contributed by atoms with van der Waals surface area (Å²) in [5, 5.41) is 1.88. The van der Waals surface area contributed by atoms with Crippen molar-refractivity contribution in [3.05, 3.63) is 47.2 Å². The molecule has 2 aromatic rings. The summed E-state index contributed by atoms with van der Waals surface area (Å²) in [6, 6.07) is 5.88. The number of carbonyl (C=O) groups is 3. The first-order valence-corrected chi connectivity index (χ1v) is 8.73. The number of aromatic nitrogens is 1. The van der Waals surface area contributed by atoms with Crippen molar-refractivity contribution >= 4 is 46.0 Å². The number of amides is 2. The summed E-state index contributed by atoms with van der Waals surface area (Å²) in [6.07, 6.45) is 2.52. The van der Waals surface area contributed by atoms with Gasteiger partial charge in [0.05, 0.1) is 11.4 Å². The lowest BCUT2D eigenvalue weighted by Crippen LogP contribution is -2.27. The van der Waals surface area contributed by atoms with Gasteiger partial charge in [0.1, 0.15) is 5.82 Å². The topological polar surface area (TPSA) is 79.8 Å². The molecule has 0 N–H and O–H groups in total. The van der Waals surface area contributed by atoms with Gasteiger partial charge in [-0.3, -0.25) is 14.5 Å². The van der Waals surface area contributed by atoms with E-state index in [0.29, 0.717) is 5.69 Å². The lowest BCUT2D eigenvalue weighted by atomic mass is 10.3. The highest BCUT2D eigenvalue weighted by Crippen LogP contribution is 2.30. The zero-order valence-electron chi connectivity index (χ0n) is 15.0. The number of benzene rings is 1. The summed E-state index contributed by atoms with van der Waals surface area (Å²) in [7, 11) is 3.11. The van der Waals surface area contributed by atoms with E-state index in [0.717, 1.165) is 22.3 Å². The predicted octanol–water partition coefficient (Wildman–Crippen LogP) is 2.61. The quantitative estimate of drug-likeness (QED) is 0.559. The van der Waals surface area contributed by atoms with Crippen LogP contribution in [0.3, 0.4) is 0 Å². The average molecular weight is 391 g/mol. The first-order valence-electron chi connectivity index (χ1n) is 7.85. The summed E-state index contributed by atoms with van der Waals surface area (Å²) in [5.74, 6) is -1.98. The number of hydrogen-bond acceptors (Lipinski definition) is 6. The van der Waals surface area contributed by atoms with E-state index >= 15 is 0 Å². The highest BCUT2D eigenvalue weighted by atomic mass is 32.1. The third-order valence-electron chi connectivity index (χ3n) is 3.34. The Kier molecular flexibility index (Phi) is 6.78. The molecule has 0 saturated carbocycles. The fourth-order valence-electron chi connectivity index (χ4n) is 1.96. The van der Waals surface area contributed by atoms with Crippen molar-refractivity contribution in [2.24, 2.45) is 0 Å². The van der Waals surface area contributed by atoms with E-state index in [4.69, 9.17) is 4.74 Å². The number of ether oxygens (including phenoxy) is 1. The van der Waals surface area contributed by atoms with Crippen LogP contribution in [-0.2, 0) is 19.1 Å². The lowest BCUT2D eigenvalue weighted by Gasteiger charge is -2.18. The van der Waals surface area contributed by atoms with Crippen LogP contribution in [0.1, 0.15) is 12.6 Å². The van der Waals surface area contributed by atoms with E-state index in [1.165, 1.54) is 36.1 Å². The molecule has 7 nitrogen and oxygen atoms in total. The molecular formula is C18H18FN3O4S. The summed E-state index contributed by atoms with van der Waals surface area (Å²) in [6.45, 7) is 0.951. The number of halogens is 1. The number of hydrogen-bond donors (Lipinski definition) is 0. The third kappa shape index (κ3) is 5.45. The van der Waals surface area contributed by atoms with Gasteiger partial charge in [0.2, 0.25) is 5.91 Å². The molecule has 27 heavy (non-hydrogen) atoms. The Morgan fingerprint density at radius 3 is 2.59 bits per heavy atom. The van der Waals surface area contributed by atoms with Gasteiger partial charge >= 0.3 is 5.97 Å². The molecule has 0 atom stereocenters. The van der Waals surface area contributed by atoms with Gasteiger partial charge in [0.25, 0.3) is 5.91 Å². The zero-order valence-corrected chi connectivity index (χ0v) is 15.8. The molecule has 0 aliphatic carbocycles. The van der Waals surface area contributed by atoms with E-state index in [2.05, 4.69) is 4.98 Å². The summed E-state index contributed by atoms with van der Waals surface area (Å²) >= 11 is 1.13. The smallest absolute Gasteiger partial charge is 0.331 e. The van der Waals surface area contributed by atoms with Crippen molar-refractivity contribution in [1.29, 1.82) is 0 Å².